The summed E-state index contributed by atoms with van der Waals surface area (Å²) in [5.41, 5.74) is 2.27. The number of quaternary nitrogens is 1. The molecule has 1 aliphatic heterocycles. The van der Waals surface area contributed by atoms with E-state index < -0.39 is 5.23 Å². The summed E-state index contributed by atoms with van der Waals surface area (Å²) in [6.07, 6.45) is 0. The van der Waals surface area contributed by atoms with Crippen LogP contribution in [0.25, 0.3) is 11.4 Å². The summed E-state index contributed by atoms with van der Waals surface area (Å²) >= 11 is 1.64. The van der Waals surface area contributed by atoms with Crippen molar-refractivity contribution in [3.8, 4) is 11.4 Å². The average Bonchev–Trinajstić information content (AvgIpc) is 3.05. The van der Waals surface area contributed by atoms with Gasteiger partial charge in [0.2, 0.25) is 0 Å². The number of nitrogens with zero attached hydrogens (tertiary/aromatic N) is 4. The minimum Gasteiger partial charge on any atom is -0.595 e. The monoisotopic (exact) mass is 341 g/mol. The van der Waals surface area contributed by atoms with Gasteiger partial charge in [-0.05, 0) is 24.3 Å². The van der Waals surface area contributed by atoms with Crippen LogP contribution in [0.5, 0.6) is 0 Å². The predicted octanol–water partition coefficient (Wildman–Crippen LogP) is 1.88. The van der Waals surface area contributed by atoms with Crippen LogP contribution in [0.4, 0.5) is 11.4 Å². The lowest BCUT2D eigenvalue weighted by atomic mass is 10.2. The van der Waals surface area contributed by atoms with E-state index in [9.17, 15) is 5.21 Å². The van der Waals surface area contributed by atoms with Gasteiger partial charge in [-0.25, -0.2) is 5.21 Å². The summed E-state index contributed by atoms with van der Waals surface area (Å²) in [5, 5.41) is 28.5. The van der Waals surface area contributed by atoms with E-state index in [0.717, 1.165) is 28.1 Å². The molecule has 8 heteroatoms. The van der Waals surface area contributed by atoms with Crippen molar-refractivity contribution in [1.29, 1.82) is 0 Å². The Morgan fingerprint density at radius 3 is 2.50 bits per heavy atom. The van der Waals surface area contributed by atoms with E-state index in [2.05, 4.69) is 31.8 Å². The molecule has 0 radical (unpaired) electrons. The molecule has 0 saturated carbocycles. The summed E-state index contributed by atoms with van der Waals surface area (Å²) in [7, 11) is 0. The van der Waals surface area contributed by atoms with Gasteiger partial charge in [-0.2, -0.15) is 5.23 Å². The van der Waals surface area contributed by atoms with Crippen LogP contribution in [-0.2, 0) is 6.67 Å². The molecule has 2 aromatic carbocycles. The zero-order chi connectivity index (χ0) is 16.5. The van der Waals surface area contributed by atoms with Crippen molar-refractivity contribution in [3.63, 3.8) is 0 Å². The number of para-hydroxylation sites is 1. The normalized spacial score (nSPS) is 15.2. The van der Waals surface area contributed by atoms with Gasteiger partial charge in [-0.3, -0.25) is 4.57 Å². The van der Waals surface area contributed by atoms with Gasteiger partial charge in [0.15, 0.2) is 16.7 Å². The first-order valence-corrected chi connectivity index (χ1v) is 8.40. The van der Waals surface area contributed by atoms with Gasteiger partial charge in [-0.1, -0.05) is 30.0 Å². The molecular weight excluding hydrogens is 326 g/mol. The molecule has 1 atom stereocenters. The number of thioether (sulfide) groups is 1. The van der Waals surface area contributed by atoms with E-state index in [1.165, 1.54) is 0 Å². The van der Waals surface area contributed by atoms with Gasteiger partial charge in [0.1, 0.15) is 0 Å². The van der Waals surface area contributed by atoms with Crippen LogP contribution < -0.4 is 10.1 Å². The van der Waals surface area contributed by atoms with E-state index in [4.69, 9.17) is 5.21 Å². The molecule has 122 valence electrons. The number of hydrogen-bond acceptors (Lipinski definition) is 6. The number of anilines is 1. The number of fused-ring (bicyclic) bond motifs is 1. The maximum absolute atomic E-state index is 11.0. The number of rotatable bonds is 3. The van der Waals surface area contributed by atoms with E-state index >= 15 is 0 Å². The highest BCUT2D eigenvalue weighted by molar-refractivity contribution is 7.99. The molecule has 0 amide bonds. The lowest BCUT2D eigenvalue weighted by Crippen LogP contribution is -2.99. The van der Waals surface area contributed by atoms with Crippen LogP contribution in [0.1, 0.15) is 0 Å². The summed E-state index contributed by atoms with van der Waals surface area (Å²) in [4.78, 5) is 2.25. The minimum atomic E-state index is -0.935. The summed E-state index contributed by atoms with van der Waals surface area (Å²) < 4.78 is 2.05. The van der Waals surface area contributed by atoms with Gasteiger partial charge in [0.05, 0.1) is 12.5 Å². The third kappa shape index (κ3) is 2.76. The van der Waals surface area contributed by atoms with Crippen LogP contribution in [0.15, 0.2) is 59.8 Å². The second-order valence-corrected chi connectivity index (χ2v) is 6.32. The molecule has 4 rings (SSSR count). The molecule has 7 nitrogen and oxygen atoms in total. The first-order valence-electron chi connectivity index (χ1n) is 7.42. The SMILES string of the molecule is [O-][NH+](O)c1ccc(-c2nnc3n2CN(c2ccccc2)CS3)cc1. The van der Waals surface area contributed by atoms with E-state index in [0.29, 0.717) is 6.67 Å². The largest absolute Gasteiger partial charge is 0.595 e. The quantitative estimate of drug-likeness (QED) is 0.708. The lowest BCUT2D eigenvalue weighted by molar-refractivity contribution is -0.991. The van der Waals surface area contributed by atoms with Crippen molar-refractivity contribution >= 4 is 23.1 Å². The fourth-order valence-electron chi connectivity index (χ4n) is 2.64. The maximum Gasteiger partial charge on any atom is 0.194 e. The molecule has 1 unspecified atom stereocenters. The second kappa shape index (κ2) is 6.25. The Morgan fingerprint density at radius 2 is 1.79 bits per heavy atom. The Morgan fingerprint density at radius 1 is 1.04 bits per heavy atom. The van der Waals surface area contributed by atoms with Crippen LogP contribution in [0, 0.1) is 5.21 Å². The van der Waals surface area contributed by atoms with Crippen LogP contribution in [-0.4, -0.2) is 25.8 Å². The Bertz CT molecular complexity index is 835. The fraction of sp³-hybridized carbons (Fsp3) is 0.125. The van der Waals surface area contributed by atoms with E-state index in [-0.39, 0.29) is 5.69 Å². The third-order valence-corrected chi connectivity index (χ3v) is 4.89. The second-order valence-electron chi connectivity index (χ2n) is 5.41. The van der Waals surface area contributed by atoms with E-state index in [1.54, 1.807) is 36.0 Å². The van der Waals surface area contributed by atoms with E-state index in [1.807, 2.05) is 18.2 Å². The smallest absolute Gasteiger partial charge is 0.194 e. The van der Waals surface area contributed by atoms with Crippen molar-refractivity contribution in [1.82, 2.24) is 14.8 Å². The molecule has 0 spiro atoms. The average molecular weight is 341 g/mol. The number of aromatic nitrogens is 3. The van der Waals surface area contributed by atoms with Gasteiger partial charge in [0, 0.05) is 23.4 Å². The number of benzene rings is 2. The molecule has 0 bridgehead atoms. The summed E-state index contributed by atoms with van der Waals surface area (Å²) in [5.74, 6) is 1.56. The highest BCUT2D eigenvalue weighted by Gasteiger charge is 2.22. The fourth-order valence-corrected chi connectivity index (χ4v) is 3.54. The van der Waals surface area contributed by atoms with Gasteiger partial charge in [0.25, 0.3) is 0 Å². The third-order valence-electron chi connectivity index (χ3n) is 3.89. The van der Waals surface area contributed by atoms with Crippen LogP contribution in [0.2, 0.25) is 0 Å². The highest BCUT2D eigenvalue weighted by Crippen LogP contribution is 2.31. The van der Waals surface area contributed by atoms with Gasteiger partial charge in [-0.15, -0.1) is 10.2 Å². The molecule has 0 saturated heterocycles. The van der Waals surface area contributed by atoms with Crippen molar-refractivity contribution in [2.75, 3.05) is 10.8 Å². The topological polar surface area (TPSA) is 81.7 Å². The molecule has 1 aromatic heterocycles. The molecule has 1 aliphatic rings. The number of nitrogens with one attached hydrogen (secondary N) is 1. The van der Waals surface area contributed by atoms with Crippen molar-refractivity contribution < 1.29 is 10.4 Å². The molecule has 2 N–H and O–H groups in total. The van der Waals surface area contributed by atoms with Gasteiger partial charge >= 0.3 is 0 Å². The predicted molar refractivity (Wildman–Crippen MR) is 90.9 cm³/mol. The molecule has 3 aromatic rings. The zero-order valence-electron chi connectivity index (χ0n) is 12.7. The van der Waals surface area contributed by atoms with Crippen LogP contribution in [0.3, 0.4) is 0 Å². The number of hydrogen-bond donors (Lipinski definition) is 2. The standard InChI is InChI=1S/C16H15N5O2S/c22-21(23)14-8-6-12(7-9-14)15-17-18-16-20(15)10-19(11-24-16)13-4-2-1-3-5-13/h1-9,21-22H,10-11H2. The summed E-state index contributed by atoms with van der Waals surface area (Å²) in [6, 6.07) is 16.9. The molecular formula is C16H15N5O2S. The van der Waals surface area contributed by atoms with Crippen molar-refractivity contribution in [2.45, 2.75) is 11.8 Å². The summed E-state index contributed by atoms with van der Waals surface area (Å²) in [6.45, 7) is 0.662. The van der Waals surface area contributed by atoms with Gasteiger partial charge < -0.3 is 10.1 Å². The van der Waals surface area contributed by atoms with Crippen LogP contribution >= 0.6 is 11.8 Å². The van der Waals surface area contributed by atoms with Crippen molar-refractivity contribution in [3.05, 3.63) is 59.8 Å². The molecule has 0 aliphatic carbocycles. The Balaban J connectivity index is 1.65. The molecule has 24 heavy (non-hydrogen) atoms. The minimum absolute atomic E-state index is 0.262. The Hall–Kier alpha value is -2.39. The maximum atomic E-state index is 11.0. The van der Waals surface area contributed by atoms with Crippen molar-refractivity contribution in [2.24, 2.45) is 0 Å². The molecule has 2 heterocycles. The Labute approximate surface area is 142 Å². The molecule has 0 fully saturated rings. The Kier molecular flexibility index (Phi) is 3.95. The zero-order valence-corrected chi connectivity index (χ0v) is 13.5. The first kappa shape index (κ1) is 15.2. The first-order chi connectivity index (χ1) is 11.7. The highest BCUT2D eigenvalue weighted by atomic mass is 32.2. The lowest BCUT2D eigenvalue weighted by Gasteiger charge is -2.29.